The molecule has 0 radical (unpaired) electrons. The summed E-state index contributed by atoms with van der Waals surface area (Å²) in [6, 6.07) is 9.95. The zero-order valence-electron chi connectivity index (χ0n) is 12.8. The molecule has 3 N–H and O–H groups in total. The number of aromatic nitrogens is 1. The number of pyridine rings is 1. The van der Waals surface area contributed by atoms with Gasteiger partial charge in [-0.3, -0.25) is 14.5 Å². The van der Waals surface area contributed by atoms with Crippen LogP contribution in [0.3, 0.4) is 0 Å². The second-order valence-corrected chi connectivity index (χ2v) is 5.74. The quantitative estimate of drug-likeness (QED) is 0.886. The zero-order chi connectivity index (χ0) is 17.3. The average Bonchev–Trinajstić information content (AvgIpc) is 2.52. The fourth-order valence-corrected chi connectivity index (χ4v) is 2.55. The van der Waals surface area contributed by atoms with E-state index >= 15 is 0 Å². The molecular formula is C16H15ClN4O3. The van der Waals surface area contributed by atoms with E-state index in [1.54, 1.807) is 43.3 Å². The average molecular weight is 347 g/mol. The van der Waals surface area contributed by atoms with Crippen molar-refractivity contribution in [3.8, 4) is 5.75 Å². The normalized spacial score (nSPS) is 16.3. The highest BCUT2D eigenvalue weighted by atomic mass is 35.5. The first-order valence-corrected chi connectivity index (χ1v) is 7.62. The summed E-state index contributed by atoms with van der Waals surface area (Å²) in [6.45, 7) is 1.41. The van der Waals surface area contributed by atoms with Gasteiger partial charge in [-0.1, -0.05) is 17.7 Å². The molecule has 0 bridgehead atoms. The number of hydrogen-bond donors (Lipinski definition) is 2. The first kappa shape index (κ1) is 16.1. The lowest BCUT2D eigenvalue weighted by atomic mass is 10.2. The Bertz CT molecular complexity index is 812. The van der Waals surface area contributed by atoms with Crippen LogP contribution < -0.4 is 20.7 Å². The van der Waals surface area contributed by atoms with Gasteiger partial charge in [-0.25, -0.2) is 4.98 Å². The lowest BCUT2D eigenvalue weighted by molar-refractivity contribution is -0.127. The Labute approximate surface area is 143 Å². The maximum Gasteiger partial charge on any atom is 0.269 e. The number of nitrogens with zero attached hydrogens (tertiary/aromatic N) is 2. The maximum absolute atomic E-state index is 12.4. The van der Waals surface area contributed by atoms with Crippen LogP contribution in [0.15, 0.2) is 36.4 Å². The molecule has 0 saturated heterocycles. The molecule has 0 fully saturated rings. The van der Waals surface area contributed by atoms with Gasteiger partial charge in [0, 0.05) is 10.7 Å². The predicted octanol–water partition coefficient (Wildman–Crippen LogP) is 2.07. The third kappa shape index (κ3) is 3.26. The number of carbonyl (C=O) groups excluding carboxylic acids is 2. The number of anilines is 3. The molecule has 7 nitrogen and oxygen atoms in total. The van der Waals surface area contributed by atoms with Gasteiger partial charge in [0.2, 0.25) is 5.91 Å². The van der Waals surface area contributed by atoms with Crippen LogP contribution in [0.4, 0.5) is 17.3 Å². The van der Waals surface area contributed by atoms with Crippen LogP contribution in [0.5, 0.6) is 5.75 Å². The number of ether oxygens (including phenoxy) is 1. The van der Waals surface area contributed by atoms with Gasteiger partial charge >= 0.3 is 0 Å². The zero-order valence-corrected chi connectivity index (χ0v) is 13.6. The van der Waals surface area contributed by atoms with E-state index in [2.05, 4.69) is 10.3 Å². The number of nitrogens with one attached hydrogen (secondary N) is 1. The van der Waals surface area contributed by atoms with E-state index in [0.29, 0.717) is 16.5 Å². The molecule has 2 aromatic rings. The molecule has 124 valence electrons. The van der Waals surface area contributed by atoms with Crippen LogP contribution in [0.25, 0.3) is 0 Å². The van der Waals surface area contributed by atoms with E-state index in [1.165, 1.54) is 4.90 Å². The van der Waals surface area contributed by atoms with Gasteiger partial charge in [-0.15, -0.1) is 0 Å². The Morgan fingerprint density at radius 1 is 1.42 bits per heavy atom. The van der Waals surface area contributed by atoms with E-state index in [4.69, 9.17) is 22.1 Å². The maximum atomic E-state index is 12.4. The molecule has 1 aromatic carbocycles. The summed E-state index contributed by atoms with van der Waals surface area (Å²) < 4.78 is 5.49. The van der Waals surface area contributed by atoms with Gasteiger partial charge in [0.25, 0.3) is 5.91 Å². The third-order valence-electron chi connectivity index (χ3n) is 3.44. The summed E-state index contributed by atoms with van der Waals surface area (Å²) in [7, 11) is 0. The molecular weight excluding hydrogens is 332 g/mol. The molecule has 2 amide bonds. The summed E-state index contributed by atoms with van der Waals surface area (Å²) in [5, 5.41) is 3.20. The van der Waals surface area contributed by atoms with Gasteiger partial charge in [0.1, 0.15) is 12.4 Å². The fraction of sp³-hybridized carbons (Fsp3) is 0.188. The smallest absolute Gasteiger partial charge is 0.269 e. The Morgan fingerprint density at radius 2 is 2.21 bits per heavy atom. The lowest BCUT2D eigenvalue weighted by Gasteiger charge is -2.31. The van der Waals surface area contributed by atoms with Crippen molar-refractivity contribution in [1.82, 2.24) is 4.98 Å². The highest BCUT2D eigenvalue weighted by Crippen LogP contribution is 2.32. The number of benzene rings is 1. The molecule has 1 aliphatic heterocycles. The van der Waals surface area contributed by atoms with Gasteiger partial charge in [0.05, 0.1) is 0 Å². The van der Waals surface area contributed by atoms with Crippen molar-refractivity contribution < 1.29 is 14.3 Å². The topological polar surface area (TPSA) is 97.6 Å². The Kier molecular flexibility index (Phi) is 4.26. The molecule has 24 heavy (non-hydrogen) atoms. The van der Waals surface area contributed by atoms with Crippen LogP contribution >= 0.6 is 11.6 Å². The van der Waals surface area contributed by atoms with Crippen molar-refractivity contribution in [1.29, 1.82) is 0 Å². The molecule has 3 rings (SSSR count). The van der Waals surface area contributed by atoms with Gasteiger partial charge < -0.3 is 15.8 Å². The van der Waals surface area contributed by atoms with Crippen molar-refractivity contribution >= 4 is 40.7 Å². The highest BCUT2D eigenvalue weighted by molar-refractivity contribution is 6.30. The number of amides is 2. The summed E-state index contributed by atoms with van der Waals surface area (Å²) >= 11 is 5.89. The number of nitrogens with two attached hydrogens (primary N) is 1. The van der Waals surface area contributed by atoms with Crippen LogP contribution in [0.1, 0.15) is 6.92 Å². The van der Waals surface area contributed by atoms with Crippen LogP contribution in [0, 0.1) is 0 Å². The number of rotatable bonds is 3. The van der Waals surface area contributed by atoms with Crippen molar-refractivity contribution in [2.45, 2.75) is 13.0 Å². The van der Waals surface area contributed by atoms with Crippen LogP contribution in [-0.2, 0) is 9.59 Å². The minimum absolute atomic E-state index is 0.206. The number of carbonyl (C=O) groups is 2. The van der Waals surface area contributed by atoms with E-state index < -0.39 is 6.10 Å². The molecule has 2 heterocycles. The second kappa shape index (κ2) is 6.37. The second-order valence-electron chi connectivity index (χ2n) is 5.30. The minimum Gasteiger partial charge on any atom is -0.477 e. The number of hydrogen-bond acceptors (Lipinski definition) is 5. The largest absolute Gasteiger partial charge is 0.477 e. The van der Waals surface area contributed by atoms with Gasteiger partial charge in [0.15, 0.2) is 17.7 Å². The molecule has 1 aromatic heterocycles. The van der Waals surface area contributed by atoms with Crippen LogP contribution in [-0.4, -0.2) is 29.4 Å². The standard InChI is InChI=1S/C16H15ClN4O3/c1-9-16(23)21(15-12(24-9)5-6-13(18)20-15)8-14(22)19-11-4-2-3-10(17)7-11/h2-7,9H,8H2,1H3,(H2,18,20)(H,19,22). The first-order valence-electron chi connectivity index (χ1n) is 7.24. The van der Waals surface area contributed by atoms with E-state index in [9.17, 15) is 9.59 Å². The number of halogens is 1. The molecule has 8 heteroatoms. The van der Waals surface area contributed by atoms with Crippen molar-refractivity contribution in [2.24, 2.45) is 0 Å². The molecule has 1 atom stereocenters. The molecule has 0 spiro atoms. The van der Waals surface area contributed by atoms with Crippen LogP contribution in [0.2, 0.25) is 5.02 Å². The monoisotopic (exact) mass is 346 g/mol. The fourth-order valence-electron chi connectivity index (χ4n) is 2.36. The summed E-state index contributed by atoms with van der Waals surface area (Å²) in [4.78, 5) is 30.0. The van der Waals surface area contributed by atoms with Crippen molar-refractivity contribution in [2.75, 3.05) is 22.5 Å². The molecule has 0 saturated carbocycles. The molecule has 1 aliphatic rings. The van der Waals surface area contributed by atoms with Crippen molar-refractivity contribution in [3.63, 3.8) is 0 Å². The van der Waals surface area contributed by atoms with Crippen molar-refractivity contribution in [3.05, 3.63) is 41.4 Å². The number of fused-ring (bicyclic) bond motifs is 1. The summed E-state index contributed by atoms with van der Waals surface area (Å²) in [5.41, 5.74) is 6.22. The van der Waals surface area contributed by atoms with E-state index in [0.717, 1.165) is 0 Å². The Hall–Kier alpha value is -2.80. The molecule has 0 aliphatic carbocycles. The van der Waals surface area contributed by atoms with E-state index in [-0.39, 0.29) is 30.0 Å². The minimum atomic E-state index is -0.707. The number of nitrogen functional groups attached to an aromatic ring is 1. The Balaban J connectivity index is 1.82. The van der Waals surface area contributed by atoms with Gasteiger partial charge in [-0.2, -0.15) is 0 Å². The van der Waals surface area contributed by atoms with E-state index in [1.807, 2.05) is 0 Å². The molecule has 1 unspecified atom stereocenters. The highest BCUT2D eigenvalue weighted by Gasteiger charge is 2.34. The van der Waals surface area contributed by atoms with Gasteiger partial charge in [-0.05, 0) is 37.3 Å². The SMILES string of the molecule is CC1Oc2ccc(N)nc2N(CC(=O)Nc2cccc(Cl)c2)C1=O. The predicted molar refractivity (Wildman–Crippen MR) is 91.2 cm³/mol. The summed E-state index contributed by atoms with van der Waals surface area (Å²) in [5.74, 6) is 0.142. The summed E-state index contributed by atoms with van der Waals surface area (Å²) in [6.07, 6.45) is -0.707. The first-order chi connectivity index (χ1) is 11.4. The Morgan fingerprint density at radius 3 is 2.96 bits per heavy atom. The lowest BCUT2D eigenvalue weighted by Crippen LogP contribution is -2.48. The third-order valence-corrected chi connectivity index (χ3v) is 3.68.